The van der Waals surface area contributed by atoms with Gasteiger partial charge in [0, 0.05) is 6.07 Å². The Labute approximate surface area is 113 Å². The molecule has 1 aromatic heterocycles. The molecular weight excluding hydrogens is 291 g/mol. The van der Waals surface area contributed by atoms with Gasteiger partial charge in [-0.05, 0) is 12.1 Å². The number of nitrogens with zero attached hydrogens (tertiary/aromatic N) is 3. The molecule has 2 rings (SSSR count). The second-order valence-electron chi connectivity index (χ2n) is 3.54. The normalized spacial score (nSPS) is 11.2. The van der Waals surface area contributed by atoms with E-state index < -0.39 is 16.2 Å². The molecule has 0 amide bonds. The summed E-state index contributed by atoms with van der Waals surface area (Å²) in [5.41, 5.74) is 0.297. The van der Waals surface area contributed by atoms with Gasteiger partial charge in [0.1, 0.15) is 12.1 Å². The summed E-state index contributed by atoms with van der Waals surface area (Å²) in [6, 6.07) is 3.58. The van der Waals surface area contributed by atoms with Gasteiger partial charge >= 0.3 is 6.08 Å². The van der Waals surface area contributed by atoms with Crippen LogP contribution in [0.2, 0.25) is 0 Å². The van der Waals surface area contributed by atoms with Crippen molar-refractivity contribution in [1.29, 1.82) is 0 Å². The zero-order valence-corrected chi connectivity index (χ0v) is 10.9. The molecule has 10 heteroatoms. The van der Waals surface area contributed by atoms with Crippen LogP contribution in [0.1, 0.15) is 0 Å². The minimum atomic E-state index is -4.34. The Kier molecular flexibility index (Phi) is 3.77. The second-order valence-corrected chi connectivity index (χ2v) is 4.96. The molecule has 20 heavy (non-hydrogen) atoms. The number of hydrogen-bond acceptors (Lipinski definition) is 7. The third kappa shape index (κ3) is 3.16. The van der Waals surface area contributed by atoms with Crippen LogP contribution in [0.15, 0.2) is 29.4 Å². The molecule has 0 saturated carbocycles. The van der Waals surface area contributed by atoms with E-state index in [2.05, 4.69) is 20.3 Å². The molecule has 0 atom stereocenters. The van der Waals surface area contributed by atoms with Gasteiger partial charge in [0.05, 0.1) is 17.7 Å². The quantitative estimate of drug-likeness (QED) is 0.804. The van der Waals surface area contributed by atoms with Crippen molar-refractivity contribution in [3.05, 3.63) is 30.6 Å². The molecule has 0 aliphatic rings. The summed E-state index contributed by atoms with van der Waals surface area (Å²) in [7, 11) is -3.03. The molecule has 106 valence electrons. The van der Waals surface area contributed by atoms with Crippen LogP contribution in [0, 0.1) is 6.08 Å². The molecule has 0 aliphatic carbocycles. The van der Waals surface area contributed by atoms with E-state index in [9.17, 15) is 12.8 Å². The SMILES string of the molecule is COc1cc(S(=O)(=O)O)ccc1Nc1ncnc(F)n1. The van der Waals surface area contributed by atoms with E-state index >= 15 is 0 Å². The summed E-state index contributed by atoms with van der Waals surface area (Å²) in [5, 5.41) is 2.64. The fourth-order valence-corrected chi connectivity index (χ4v) is 1.89. The molecule has 1 heterocycles. The van der Waals surface area contributed by atoms with Gasteiger partial charge in [0.2, 0.25) is 5.95 Å². The van der Waals surface area contributed by atoms with Gasteiger partial charge in [-0.2, -0.15) is 22.8 Å². The van der Waals surface area contributed by atoms with Crippen LogP contribution in [0.3, 0.4) is 0 Å². The van der Waals surface area contributed by atoms with Gasteiger partial charge in [-0.1, -0.05) is 0 Å². The topological polar surface area (TPSA) is 114 Å². The Balaban J connectivity index is 2.38. The van der Waals surface area contributed by atoms with Crippen molar-refractivity contribution in [3.63, 3.8) is 0 Å². The lowest BCUT2D eigenvalue weighted by atomic mass is 10.3. The first-order chi connectivity index (χ1) is 9.40. The average molecular weight is 300 g/mol. The van der Waals surface area contributed by atoms with E-state index in [0.29, 0.717) is 5.69 Å². The Morgan fingerprint density at radius 2 is 2.10 bits per heavy atom. The predicted molar refractivity (Wildman–Crippen MR) is 65.9 cm³/mol. The third-order valence-corrected chi connectivity index (χ3v) is 3.11. The molecule has 0 unspecified atom stereocenters. The van der Waals surface area contributed by atoms with E-state index in [1.54, 1.807) is 0 Å². The number of nitrogens with one attached hydrogen (secondary N) is 1. The monoisotopic (exact) mass is 300 g/mol. The molecule has 0 radical (unpaired) electrons. The summed E-state index contributed by atoms with van der Waals surface area (Å²) in [4.78, 5) is 9.94. The number of halogens is 1. The maximum absolute atomic E-state index is 12.8. The molecule has 2 N–H and O–H groups in total. The fraction of sp³-hybridized carbons (Fsp3) is 0.100. The van der Waals surface area contributed by atoms with Crippen molar-refractivity contribution in [3.8, 4) is 5.75 Å². The second kappa shape index (κ2) is 5.35. The van der Waals surface area contributed by atoms with Crippen LogP contribution in [0.5, 0.6) is 5.75 Å². The first-order valence-corrected chi connectivity index (χ1v) is 6.61. The van der Waals surface area contributed by atoms with Crippen molar-refractivity contribution in [2.24, 2.45) is 0 Å². The number of anilines is 2. The lowest BCUT2D eigenvalue weighted by Gasteiger charge is -2.10. The van der Waals surface area contributed by atoms with Crippen molar-refractivity contribution >= 4 is 21.8 Å². The van der Waals surface area contributed by atoms with E-state index in [0.717, 1.165) is 18.5 Å². The Bertz CT molecular complexity index is 738. The van der Waals surface area contributed by atoms with Crippen LogP contribution in [0.4, 0.5) is 16.0 Å². The fourth-order valence-electron chi connectivity index (χ4n) is 1.39. The lowest BCUT2D eigenvalue weighted by Crippen LogP contribution is -2.03. The molecule has 0 fully saturated rings. The molecule has 8 nitrogen and oxygen atoms in total. The van der Waals surface area contributed by atoms with Crippen molar-refractivity contribution in [2.45, 2.75) is 4.90 Å². The summed E-state index contributed by atoms with van der Waals surface area (Å²) in [6.45, 7) is 0. The minimum absolute atomic E-state index is 0.0737. The van der Waals surface area contributed by atoms with Crippen LogP contribution in [0.25, 0.3) is 0 Å². The summed E-state index contributed by atoms with van der Waals surface area (Å²) >= 11 is 0. The Morgan fingerprint density at radius 1 is 1.35 bits per heavy atom. The van der Waals surface area contributed by atoms with E-state index in [-0.39, 0.29) is 16.6 Å². The number of benzene rings is 1. The summed E-state index contributed by atoms with van der Waals surface area (Å²) < 4.78 is 48.8. The number of hydrogen-bond donors (Lipinski definition) is 2. The van der Waals surface area contributed by atoms with Gasteiger partial charge in [0.15, 0.2) is 0 Å². The highest BCUT2D eigenvalue weighted by Crippen LogP contribution is 2.29. The molecule has 2 aromatic rings. The minimum Gasteiger partial charge on any atom is -0.495 e. The van der Waals surface area contributed by atoms with E-state index in [1.165, 1.54) is 13.2 Å². The predicted octanol–water partition coefficient (Wildman–Crippen LogP) is 1.01. The van der Waals surface area contributed by atoms with Gasteiger partial charge in [-0.15, -0.1) is 0 Å². The summed E-state index contributed by atoms with van der Waals surface area (Å²) in [6.07, 6.45) is 0.0139. The first-order valence-electron chi connectivity index (χ1n) is 5.17. The first kappa shape index (κ1) is 14.1. The maximum Gasteiger partial charge on any atom is 0.313 e. The average Bonchev–Trinajstić information content (AvgIpc) is 2.38. The Morgan fingerprint density at radius 3 is 2.70 bits per heavy atom. The number of ether oxygens (including phenoxy) is 1. The molecule has 0 aliphatic heterocycles. The number of aromatic nitrogens is 3. The molecule has 0 spiro atoms. The van der Waals surface area contributed by atoms with Crippen LogP contribution < -0.4 is 10.1 Å². The highest BCUT2D eigenvalue weighted by Gasteiger charge is 2.14. The van der Waals surface area contributed by atoms with Crippen LogP contribution in [-0.2, 0) is 10.1 Å². The molecule has 1 aromatic carbocycles. The lowest BCUT2D eigenvalue weighted by molar-refractivity contribution is 0.414. The van der Waals surface area contributed by atoms with Crippen LogP contribution >= 0.6 is 0 Å². The zero-order chi connectivity index (χ0) is 14.8. The summed E-state index contributed by atoms with van der Waals surface area (Å²) in [5.74, 6) is 0.0383. The Hall–Kier alpha value is -2.33. The van der Waals surface area contributed by atoms with Gasteiger partial charge in [0.25, 0.3) is 10.1 Å². The molecular formula is C10H9FN4O4S. The van der Waals surface area contributed by atoms with Crippen LogP contribution in [-0.4, -0.2) is 35.0 Å². The number of rotatable bonds is 4. The largest absolute Gasteiger partial charge is 0.495 e. The molecule has 0 saturated heterocycles. The van der Waals surface area contributed by atoms with Crippen molar-refractivity contribution in [1.82, 2.24) is 15.0 Å². The smallest absolute Gasteiger partial charge is 0.313 e. The van der Waals surface area contributed by atoms with E-state index in [4.69, 9.17) is 9.29 Å². The third-order valence-electron chi connectivity index (χ3n) is 2.26. The standard InChI is InChI=1S/C10H9FN4O4S/c1-19-8-4-6(20(16,17)18)2-3-7(8)14-10-13-5-12-9(11)15-10/h2-5H,1H3,(H,16,17,18)(H,12,13,14,15). The highest BCUT2D eigenvalue weighted by atomic mass is 32.2. The van der Waals surface area contributed by atoms with Gasteiger partial charge in [-0.3, -0.25) is 4.55 Å². The van der Waals surface area contributed by atoms with E-state index in [1.807, 2.05) is 0 Å². The van der Waals surface area contributed by atoms with Crippen molar-refractivity contribution < 1.29 is 22.1 Å². The molecule has 0 bridgehead atoms. The van der Waals surface area contributed by atoms with Crippen molar-refractivity contribution in [2.75, 3.05) is 12.4 Å². The van der Waals surface area contributed by atoms with Gasteiger partial charge in [-0.25, -0.2) is 4.98 Å². The number of methoxy groups -OCH3 is 1. The maximum atomic E-state index is 12.8. The highest BCUT2D eigenvalue weighted by molar-refractivity contribution is 7.85. The van der Waals surface area contributed by atoms with Gasteiger partial charge < -0.3 is 10.1 Å². The zero-order valence-electron chi connectivity index (χ0n) is 10.1.